The monoisotopic (exact) mass is 378 g/mol. The van der Waals surface area contributed by atoms with Crippen molar-refractivity contribution in [2.75, 3.05) is 11.8 Å². The lowest BCUT2D eigenvalue weighted by atomic mass is 10.3. The number of hydrogen-bond donors (Lipinski definition) is 1. The van der Waals surface area contributed by atoms with Crippen molar-refractivity contribution in [3.63, 3.8) is 0 Å². The molecule has 10 heteroatoms. The first-order valence-corrected chi connectivity index (χ1v) is 9.78. The summed E-state index contributed by atoms with van der Waals surface area (Å²) in [5.41, 5.74) is 1.61. The maximum atomic E-state index is 12.7. The smallest absolute Gasteiger partial charge is 0.265 e. The van der Waals surface area contributed by atoms with Crippen LogP contribution in [0.25, 0.3) is 21.3 Å². The fourth-order valence-corrected chi connectivity index (χ4v) is 5.14. The number of methoxy groups -OCH3 is 1. The predicted octanol–water partition coefficient (Wildman–Crippen LogP) is 3.11. The second-order valence-corrected chi connectivity index (χ2v) is 8.06. The van der Waals surface area contributed by atoms with Gasteiger partial charge in [-0.25, -0.2) is 13.4 Å². The number of ether oxygens (including phenoxy) is 1. The lowest BCUT2D eigenvalue weighted by molar-refractivity contribution is 0.415. The lowest BCUT2D eigenvalue weighted by Crippen LogP contribution is -2.13. The number of thiazole rings is 1. The van der Waals surface area contributed by atoms with Gasteiger partial charge in [-0.05, 0) is 30.3 Å². The number of aromatic nitrogens is 3. The number of benzene rings is 2. The summed E-state index contributed by atoms with van der Waals surface area (Å²) >= 11 is 2.22. The first-order valence-electron chi connectivity index (χ1n) is 6.75. The number of rotatable bonds is 4. The molecule has 0 aliphatic rings. The number of anilines is 1. The van der Waals surface area contributed by atoms with E-state index in [0.29, 0.717) is 27.4 Å². The summed E-state index contributed by atoms with van der Waals surface area (Å²) in [5, 5.41) is 0.290. The van der Waals surface area contributed by atoms with E-state index in [9.17, 15) is 8.42 Å². The third kappa shape index (κ3) is 2.58. The van der Waals surface area contributed by atoms with Gasteiger partial charge in [-0.2, -0.15) is 8.75 Å². The van der Waals surface area contributed by atoms with Crippen LogP contribution in [0.15, 0.2) is 41.3 Å². The lowest BCUT2D eigenvalue weighted by Gasteiger charge is -2.04. The van der Waals surface area contributed by atoms with Gasteiger partial charge in [-0.15, -0.1) is 0 Å². The number of fused-ring (bicyclic) bond motifs is 2. The molecule has 2 heterocycles. The van der Waals surface area contributed by atoms with Gasteiger partial charge in [-0.3, -0.25) is 4.72 Å². The number of sulfonamides is 1. The van der Waals surface area contributed by atoms with Gasteiger partial charge in [-0.1, -0.05) is 17.4 Å². The zero-order valence-electron chi connectivity index (χ0n) is 12.3. The van der Waals surface area contributed by atoms with E-state index in [1.165, 1.54) is 17.4 Å². The molecule has 0 saturated carbocycles. The van der Waals surface area contributed by atoms with Crippen LogP contribution in [0.2, 0.25) is 0 Å². The van der Waals surface area contributed by atoms with Crippen LogP contribution in [0.4, 0.5) is 5.13 Å². The van der Waals surface area contributed by atoms with Gasteiger partial charge in [0.05, 0.1) is 29.1 Å². The number of hydrogen-bond acceptors (Lipinski definition) is 8. The van der Waals surface area contributed by atoms with Crippen molar-refractivity contribution in [1.29, 1.82) is 0 Å². The minimum absolute atomic E-state index is 0.0885. The standard InChI is InChI=1S/C14H10N4O3S3/c1-21-8-5-6-9-11(7-8)22-14(15-9)18-24(19,20)12-4-2-3-10-13(12)17-23-16-10/h2-7H,1H3,(H,15,18). The molecule has 0 spiro atoms. The zero-order chi connectivity index (χ0) is 16.7. The maximum Gasteiger partial charge on any atom is 0.265 e. The molecule has 0 unspecified atom stereocenters. The average Bonchev–Trinajstić information content (AvgIpc) is 3.18. The average molecular weight is 378 g/mol. The summed E-state index contributed by atoms with van der Waals surface area (Å²) in [6.45, 7) is 0. The normalized spacial score (nSPS) is 11.9. The fraction of sp³-hybridized carbons (Fsp3) is 0.0714. The highest BCUT2D eigenvalue weighted by Crippen LogP contribution is 2.31. The van der Waals surface area contributed by atoms with Crippen LogP contribution in [0, 0.1) is 0 Å². The topological polar surface area (TPSA) is 94.1 Å². The molecule has 0 radical (unpaired) electrons. The molecule has 7 nitrogen and oxygen atoms in total. The second-order valence-electron chi connectivity index (χ2n) is 4.85. The molecule has 1 N–H and O–H groups in total. The molecule has 4 aromatic rings. The van der Waals surface area contributed by atoms with Gasteiger partial charge in [0.2, 0.25) is 0 Å². The highest BCUT2D eigenvalue weighted by molar-refractivity contribution is 7.93. The van der Waals surface area contributed by atoms with Gasteiger partial charge >= 0.3 is 0 Å². The molecule has 122 valence electrons. The first kappa shape index (κ1) is 15.2. The van der Waals surface area contributed by atoms with Crippen molar-refractivity contribution in [3.8, 4) is 5.75 Å². The molecular formula is C14H10N4O3S3. The molecule has 0 atom stereocenters. The third-order valence-electron chi connectivity index (χ3n) is 3.36. The Kier molecular flexibility index (Phi) is 3.59. The van der Waals surface area contributed by atoms with Crippen LogP contribution in [-0.2, 0) is 10.0 Å². The van der Waals surface area contributed by atoms with Gasteiger partial charge in [0, 0.05) is 0 Å². The Balaban J connectivity index is 1.75. The SMILES string of the molecule is COc1ccc2nc(NS(=O)(=O)c3cccc4nsnc34)sc2c1. The quantitative estimate of drug-likeness (QED) is 0.586. The van der Waals surface area contributed by atoms with E-state index >= 15 is 0 Å². The van der Waals surface area contributed by atoms with Crippen molar-refractivity contribution in [3.05, 3.63) is 36.4 Å². The minimum Gasteiger partial charge on any atom is -0.497 e. The van der Waals surface area contributed by atoms with E-state index in [2.05, 4.69) is 18.5 Å². The van der Waals surface area contributed by atoms with Crippen molar-refractivity contribution >= 4 is 59.5 Å². The van der Waals surface area contributed by atoms with E-state index < -0.39 is 10.0 Å². The van der Waals surface area contributed by atoms with Crippen LogP contribution in [-0.4, -0.2) is 29.3 Å². The molecule has 0 aliphatic carbocycles. The largest absolute Gasteiger partial charge is 0.497 e. The highest BCUT2D eigenvalue weighted by Gasteiger charge is 2.21. The van der Waals surface area contributed by atoms with E-state index in [1.807, 2.05) is 6.07 Å². The fourth-order valence-electron chi connectivity index (χ4n) is 2.24. The van der Waals surface area contributed by atoms with E-state index in [-0.39, 0.29) is 4.90 Å². The first-order chi connectivity index (χ1) is 11.6. The molecule has 0 saturated heterocycles. The number of nitrogens with one attached hydrogen (secondary N) is 1. The minimum atomic E-state index is -3.80. The summed E-state index contributed by atoms with van der Waals surface area (Å²) < 4.78 is 42.0. The van der Waals surface area contributed by atoms with Crippen molar-refractivity contribution < 1.29 is 13.2 Å². The van der Waals surface area contributed by atoms with Gasteiger partial charge in [0.25, 0.3) is 10.0 Å². The van der Waals surface area contributed by atoms with E-state index in [1.54, 1.807) is 31.4 Å². The van der Waals surface area contributed by atoms with Crippen molar-refractivity contribution in [1.82, 2.24) is 13.7 Å². The Hall–Kier alpha value is -2.30. The van der Waals surface area contributed by atoms with Crippen LogP contribution >= 0.6 is 23.1 Å². The Morgan fingerprint density at radius 2 is 2.00 bits per heavy atom. The third-order valence-corrected chi connectivity index (χ3v) is 6.33. The highest BCUT2D eigenvalue weighted by atomic mass is 32.2. The second kappa shape index (κ2) is 5.65. The molecule has 4 rings (SSSR count). The molecule has 0 fully saturated rings. The summed E-state index contributed by atoms with van der Waals surface area (Å²) in [7, 11) is -2.22. The number of nitrogens with zero attached hydrogens (tertiary/aromatic N) is 3. The summed E-state index contributed by atoms with van der Waals surface area (Å²) in [6, 6.07) is 10.2. The molecule has 0 aliphatic heterocycles. The van der Waals surface area contributed by atoms with Crippen molar-refractivity contribution in [2.45, 2.75) is 4.90 Å². The van der Waals surface area contributed by atoms with Crippen LogP contribution < -0.4 is 9.46 Å². The van der Waals surface area contributed by atoms with Gasteiger partial charge in [0.15, 0.2) is 5.13 Å². The molecule has 24 heavy (non-hydrogen) atoms. The Morgan fingerprint density at radius 1 is 1.12 bits per heavy atom. The maximum absolute atomic E-state index is 12.7. The van der Waals surface area contributed by atoms with Gasteiger partial charge < -0.3 is 4.74 Å². The molecule has 2 aromatic heterocycles. The Bertz CT molecular complexity index is 1150. The molecule has 0 amide bonds. The van der Waals surface area contributed by atoms with Crippen molar-refractivity contribution in [2.24, 2.45) is 0 Å². The summed E-state index contributed by atoms with van der Waals surface area (Å²) in [4.78, 5) is 4.39. The van der Waals surface area contributed by atoms with Crippen LogP contribution in [0.1, 0.15) is 0 Å². The Morgan fingerprint density at radius 3 is 2.83 bits per heavy atom. The summed E-state index contributed by atoms with van der Waals surface area (Å²) in [6.07, 6.45) is 0. The van der Waals surface area contributed by atoms with Crippen LogP contribution in [0.5, 0.6) is 5.75 Å². The van der Waals surface area contributed by atoms with E-state index in [0.717, 1.165) is 16.4 Å². The zero-order valence-corrected chi connectivity index (χ0v) is 14.7. The molecule has 2 aromatic carbocycles. The van der Waals surface area contributed by atoms with Gasteiger partial charge in [0.1, 0.15) is 21.7 Å². The molecular weight excluding hydrogens is 368 g/mol. The Labute approximate surface area is 145 Å². The van der Waals surface area contributed by atoms with Crippen LogP contribution in [0.3, 0.4) is 0 Å². The molecule has 0 bridgehead atoms. The summed E-state index contributed by atoms with van der Waals surface area (Å²) in [5.74, 6) is 0.693. The van der Waals surface area contributed by atoms with E-state index in [4.69, 9.17) is 4.74 Å². The predicted molar refractivity (Wildman–Crippen MR) is 94.4 cm³/mol.